The lowest BCUT2D eigenvalue weighted by Crippen LogP contribution is -2.31. The van der Waals surface area contributed by atoms with Gasteiger partial charge in [0.05, 0.1) is 0 Å². The molecule has 0 fully saturated rings. The fourth-order valence-electron chi connectivity index (χ4n) is 1.17. The van der Waals surface area contributed by atoms with E-state index in [0.717, 1.165) is 7.05 Å². The summed E-state index contributed by atoms with van der Waals surface area (Å²) < 4.78 is 31.0. The van der Waals surface area contributed by atoms with Crippen LogP contribution in [0.4, 0.5) is 0 Å². The molecule has 1 atom stereocenters. The molecule has 0 aliphatic heterocycles. The number of carbonyl (C=O) groups is 1. The van der Waals surface area contributed by atoms with Gasteiger partial charge < -0.3 is 4.79 Å². The van der Waals surface area contributed by atoms with Crippen LogP contribution in [0.3, 0.4) is 0 Å². The van der Waals surface area contributed by atoms with E-state index in [1.807, 2.05) is 0 Å². The van der Waals surface area contributed by atoms with Crippen molar-refractivity contribution in [1.82, 2.24) is 4.31 Å². The van der Waals surface area contributed by atoms with Gasteiger partial charge in [0.2, 0.25) is 0 Å². The Labute approximate surface area is 88.2 Å². The van der Waals surface area contributed by atoms with Crippen LogP contribution in [-0.2, 0) is 15.1 Å². The molecular weight excluding hydrogens is 218 g/mol. The lowest BCUT2D eigenvalue weighted by atomic mass is 10.1. The average Bonchev–Trinajstić information content (AvgIpc) is 2.19. The molecule has 1 aromatic rings. The largest absolute Gasteiger partial charge is 0.336 e. The Hall–Kier alpha value is -1.24. The summed E-state index contributed by atoms with van der Waals surface area (Å²) in [4.78, 5) is 10.8. The second kappa shape index (κ2) is 4.52. The summed E-state index contributed by atoms with van der Waals surface area (Å²) in [6.45, 7) is 0. The van der Waals surface area contributed by atoms with Gasteiger partial charge in [-0.1, -0.05) is 30.3 Å². The van der Waals surface area contributed by atoms with Gasteiger partial charge >= 0.3 is 10.3 Å². The fraction of sp³-hybridized carbons (Fsp3) is 0.222. The molecule has 0 heterocycles. The number of hydrogen-bond acceptors (Lipinski definition) is 3. The van der Waals surface area contributed by atoms with Crippen LogP contribution in [-0.4, -0.2) is 30.6 Å². The van der Waals surface area contributed by atoms with Crippen molar-refractivity contribution >= 4 is 16.6 Å². The van der Waals surface area contributed by atoms with E-state index in [1.165, 1.54) is 0 Å². The zero-order valence-corrected chi connectivity index (χ0v) is 8.89. The van der Waals surface area contributed by atoms with E-state index in [1.54, 1.807) is 30.3 Å². The molecule has 1 aromatic carbocycles. The second-order valence-electron chi connectivity index (χ2n) is 2.99. The van der Waals surface area contributed by atoms with Crippen molar-refractivity contribution in [3.8, 4) is 0 Å². The Morgan fingerprint density at radius 1 is 1.33 bits per heavy atom. The second-order valence-corrected chi connectivity index (χ2v) is 4.46. The Bertz CT molecular complexity index is 429. The Kier molecular flexibility index (Phi) is 3.57. The molecule has 0 unspecified atom stereocenters. The summed E-state index contributed by atoms with van der Waals surface area (Å²) in [7, 11) is -3.22. The Balaban J connectivity index is 3.06. The molecule has 0 saturated carbocycles. The number of carbonyl (C=O) groups excluding carboxylic acids is 1. The molecule has 1 rings (SSSR count). The number of rotatable bonds is 4. The van der Waals surface area contributed by atoms with Crippen LogP contribution >= 0.6 is 0 Å². The van der Waals surface area contributed by atoms with Crippen molar-refractivity contribution in [3.05, 3.63) is 35.9 Å². The fourth-order valence-corrected chi connectivity index (χ4v) is 1.63. The molecule has 0 amide bonds. The first-order valence-corrected chi connectivity index (χ1v) is 5.57. The minimum atomic E-state index is -4.36. The van der Waals surface area contributed by atoms with E-state index >= 15 is 0 Å². The van der Waals surface area contributed by atoms with E-state index in [4.69, 9.17) is 4.55 Å². The summed E-state index contributed by atoms with van der Waals surface area (Å²) in [5.41, 5.74) is 0.507. The molecule has 82 valence electrons. The van der Waals surface area contributed by atoms with Gasteiger partial charge in [0.15, 0.2) is 0 Å². The minimum absolute atomic E-state index is 0.461. The molecule has 15 heavy (non-hydrogen) atoms. The van der Waals surface area contributed by atoms with Crippen LogP contribution < -0.4 is 0 Å². The van der Waals surface area contributed by atoms with Crippen molar-refractivity contribution in [2.75, 3.05) is 7.05 Å². The molecule has 6 heteroatoms. The quantitative estimate of drug-likeness (QED) is 0.608. The highest BCUT2D eigenvalue weighted by molar-refractivity contribution is 7.83. The van der Waals surface area contributed by atoms with Gasteiger partial charge in [-0.2, -0.15) is 12.7 Å². The van der Waals surface area contributed by atoms with E-state index in [0.29, 0.717) is 16.2 Å². The van der Waals surface area contributed by atoms with E-state index in [9.17, 15) is 13.2 Å². The van der Waals surface area contributed by atoms with Crippen molar-refractivity contribution in [1.29, 1.82) is 0 Å². The molecule has 1 N–H and O–H groups in total. The van der Waals surface area contributed by atoms with Crippen LogP contribution in [0.2, 0.25) is 0 Å². The average molecular weight is 229 g/mol. The van der Waals surface area contributed by atoms with Gasteiger partial charge in [0, 0.05) is 7.05 Å². The SMILES string of the molecule is CN([C@H](C=O)c1ccccc1)S(=O)(=O)O. The highest BCUT2D eigenvalue weighted by atomic mass is 32.2. The third-order valence-electron chi connectivity index (χ3n) is 2.03. The number of likely N-dealkylation sites (N-methyl/N-ethyl adjacent to an activating group) is 1. The molecule has 0 aliphatic rings. The third-order valence-corrected chi connectivity index (χ3v) is 2.98. The molecule has 5 nitrogen and oxygen atoms in total. The van der Waals surface area contributed by atoms with E-state index < -0.39 is 16.3 Å². The van der Waals surface area contributed by atoms with Crippen molar-refractivity contribution in [2.45, 2.75) is 6.04 Å². The smallest absolute Gasteiger partial charge is 0.301 e. The van der Waals surface area contributed by atoms with Crippen molar-refractivity contribution in [2.24, 2.45) is 0 Å². The normalized spacial score (nSPS) is 13.8. The molecule has 0 saturated heterocycles. The van der Waals surface area contributed by atoms with Crippen LogP contribution in [0, 0.1) is 0 Å². The summed E-state index contributed by atoms with van der Waals surface area (Å²) in [5.74, 6) is 0. The number of nitrogens with zero attached hydrogens (tertiary/aromatic N) is 1. The van der Waals surface area contributed by atoms with Crippen molar-refractivity contribution in [3.63, 3.8) is 0 Å². The lowest BCUT2D eigenvalue weighted by Gasteiger charge is -2.19. The van der Waals surface area contributed by atoms with Crippen molar-refractivity contribution < 1.29 is 17.8 Å². The highest BCUT2D eigenvalue weighted by Crippen LogP contribution is 2.18. The summed E-state index contributed by atoms with van der Waals surface area (Å²) >= 11 is 0. The van der Waals surface area contributed by atoms with Gasteiger partial charge in [-0.15, -0.1) is 0 Å². The topological polar surface area (TPSA) is 74.7 Å². The van der Waals surface area contributed by atoms with Crippen LogP contribution in [0.1, 0.15) is 11.6 Å². The summed E-state index contributed by atoms with van der Waals surface area (Å²) in [5, 5.41) is 0. The zero-order chi connectivity index (χ0) is 11.5. The number of hydrogen-bond donors (Lipinski definition) is 1. The molecular formula is C9H11NO4S. The first-order valence-electron chi connectivity index (χ1n) is 4.17. The molecule has 0 aliphatic carbocycles. The van der Waals surface area contributed by atoms with Gasteiger partial charge in [-0.05, 0) is 5.56 Å². The number of aldehydes is 1. The summed E-state index contributed by atoms with van der Waals surface area (Å²) in [6, 6.07) is 7.34. The lowest BCUT2D eigenvalue weighted by molar-refractivity contribution is -0.111. The van der Waals surface area contributed by atoms with Gasteiger partial charge in [0.25, 0.3) is 0 Å². The first-order chi connectivity index (χ1) is 6.96. The Morgan fingerprint density at radius 3 is 2.27 bits per heavy atom. The third kappa shape index (κ3) is 2.85. The predicted molar refractivity (Wildman–Crippen MR) is 54.6 cm³/mol. The monoisotopic (exact) mass is 229 g/mol. The molecule has 0 aromatic heterocycles. The molecule has 0 spiro atoms. The molecule has 0 radical (unpaired) electrons. The van der Waals surface area contributed by atoms with Gasteiger partial charge in [-0.3, -0.25) is 4.55 Å². The Morgan fingerprint density at radius 2 is 1.87 bits per heavy atom. The number of benzene rings is 1. The minimum Gasteiger partial charge on any atom is -0.301 e. The maximum atomic E-state index is 10.8. The standard InChI is InChI=1S/C9H11NO4S/c1-10(15(12,13)14)9(7-11)8-5-3-2-4-6-8/h2-7,9H,1H3,(H,12,13,14)/t9-/m1/s1. The maximum Gasteiger partial charge on any atom is 0.336 e. The molecule has 0 bridgehead atoms. The maximum absolute atomic E-state index is 10.8. The van der Waals surface area contributed by atoms with Gasteiger partial charge in [0.1, 0.15) is 12.3 Å². The zero-order valence-electron chi connectivity index (χ0n) is 8.07. The summed E-state index contributed by atoms with van der Waals surface area (Å²) in [6.07, 6.45) is 0.461. The van der Waals surface area contributed by atoms with Crippen LogP contribution in [0.15, 0.2) is 30.3 Å². The van der Waals surface area contributed by atoms with E-state index in [2.05, 4.69) is 0 Å². The van der Waals surface area contributed by atoms with Crippen LogP contribution in [0.25, 0.3) is 0 Å². The van der Waals surface area contributed by atoms with E-state index in [-0.39, 0.29) is 0 Å². The van der Waals surface area contributed by atoms with Gasteiger partial charge in [-0.25, -0.2) is 0 Å². The predicted octanol–water partition coefficient (Wildman–Crippen LogP) is 0.661. The first kappa shape index (κ1) is 11.8. The van der Waals surface area contributed by atoms with Crippen LogP contribution in [0.5, 0.6) is 0 Å². The highest BCUT2D eigenvalue weighted by Gasteiger charge is 2.24.